The predicted octanol–water partition coefficient (Wildman–Crippen LogP) is 0.972. The first-order valence-electron chi connectivity index (χ1n) is 6.34. The summed E-state index contributed by atoms with van der Waals surface area (Å²) in [7, 11) is 4.06. The fraction of sp³-hybridized carbons (Fsp3) is 0.500. The van der Waals surface area contributed by atoms with E-state index in [1.165, 1.54) is 0 Å². The van der Waals surface area contributed by atoms with E-state index in [0.29, 0.717) is 13.0 Å². The number of nitrogens with two attached hydrogens (primary N) is 1. The molecule has 5 heteroatoms. The van der Waals surface area contributed by atoms with Crippen LogP contribution in [0.3, 0.4) is 0 Å². The Bertz CT molecular complexity index is 390. The van der Waals surface area contributed by atoms with Crippen molar-refractivity contribution in [3.63, 3.8) is 0 Å². The van der Waals surface area contributed by atoms with E-state index in [1.54, 1.807) is 0 Å². The molecule has 0 fully saturated rings. The van der Waals surface area contributed by atoms with Crippen LogP contribution < -0.4 is 10.5 Å². The van der Waals surface area contributed by atoms with Gasteiger partial charge in [0.05, 0.1) is 6.61 Å². The number of aliphatic carboxylic acids is 1. The molecule has 0 spiro atoms. The van der Waals surface area contributed by atoms with Crippen molar-refractivity contribution in [1.82, 2.24) is 4.90 Å². The van der Waals surface area contributed by atoms with E-state index in [4.69, 9.17) is 15.6 Å². The summed E-state index contributed by atoms with van der Waals surface area (Å²) in [4.78, 5) is 12.8. The lowest BCUT2D eigenvalue weighted by Gasteiger charge is -2.11. The van der Waals surface area contributed by atoms with Crippen LogP contribution in [0.5, 0.6) is 5.75 Å². The van der Waals surface area contributed by atoms with Crippen molar-refractivity contribution in [2.24, 2.45) is 5.73 Å². The second-order valence-electron chi connectivity index (χ2n) is 4.80. The van der Waals surface area contributed by atoms with E-state index >= 15 is 0 Å². The predicted molar refractivity (Wildman–Crippen MR) is 74.4 cm³/mol. The highest BCUT2D eigenvalue weighted by atomic mass is 16.5. The van der Waals surface area contributed by atoms with Crippen molar-refractivity contribution in [3.8, 4) is 5.75 Å². The van der Waals surface area contributed by atoms with Crippen LogP contribution in [0.4, 0.5) is 0 Å². The van der Waals surface area contributed by atoms with Gasteiger partial charge in [-0.2, -0.15) is 0 Å². The Kier molecular flexibility index (Phi) is 6.32. The van der Waals surface area contributed by atoms with Crippen molar-refractivity contribution < 1.29 is 14.6 Å². The molecule has 0 aromatic heterocycles. The monoisotopic (exact) mass is 266 g/mol. The third kappa shape index (κ3) is 6.22. The number of rotatable bonds is 8. The highest BCUT2D eigenvalue weighted by Crippen LogP contribution is 2.13. The minimum absolute atomic E-state index is 0.330. The summed E-state index contributed by atoms with van der Waals surface area (Å²) in [6.45, 7) is 1.66. The highest BCUT2D eigenvalue weighted by Gasteiger charge is 2.11. The molecule has 0 aliphatic carbocycles. The van der Waals surface area contributed by atoms with E-state index in [0.717, 1.165) is 24.3 Å². The van der Waals surface area contributed by atoms with Crippen molar-refractivity contribution in [3.05, 3.63) is 29.8 Å². The lowest BCUT2D eigenvalue weighted by Crippen LogP contribution is -2.32. The first kappa shape index (κ1) is 15.5. The normalized spacial score (nSPS) is 12.4. The average Bonchev–Trinajstić information content (AvgIpc) is 2.36. The van der Waals surface area contributed by atoms with Crippen LogP contribution in [0.15, 0.2) is 24.3 Å². The average molecular weight is 266 g/mol. The number of ether oxygens (including phenoxy) is 1. The van der Waals surface area contributed by atoms with E-state index in [1.807, 2.05) is 38.4 Å². The molecule has 106 valence electrons. The smallest absolute Gasteiger partial charge is 0.320 e. The lowest BCUT2D eigenvalue weighted by atomic mass is 10.1. The molecule has 0 bridgehead atoms. The summed E-state index contributed by atoms with van der Waals surface area (Å²) in [6.07, 6.45) is 1.30. The molecule has 0 amide bonds. The summed E-state index contributed by atoms with van der Waals surface area (Å²) < 4.78 is 5.59. The molecule has 5 nitrogen and oxygen atoms in total. The van der Waals surface area contributed by atoms with Crippen LogP contribution in [-0.4, -0.2) is 49.3 Å². The van der Waals surface area contributed by atoms with E-state index in [9.17, 15) is 4.79 Å². The Morgan fingerprint density at radius 1 is 1.37 bits per heavy atom. The number of hydrogen-bond acceptors (Lipinski definition) is 4. The first-order valence-corrected chi connectivity index (χ1v) is 6.34. The van der Waals surface area contributed by atoms with Gasteiger partial charge in [-0.15, -0.1) is 0 Å². The van der Waals surface area contributed by atoms with Crippen LogP contribution in [0.2, 0.25) is 0 Å². The van der Waals surface area contributed by atoms with Gasteiger partial charge in [-0.25, -0.2) is 0 Å². The molecule has 1 unspecified atom stereocenters. The van der Waals surface area contributed by atoms with Crippen LogP contribution >= 0.6 is 0 Å². The molecule has 1 aromatic rings. The van der Waals surface area contributed by atoms with Gasteiger partial charge in [0.2, 0.25) is 0 Å². The quantitative estimate of drug-likeness (QED) is 0.686. The zero-order valence-corrected chi connectivity index (χ0v) is 11.5. The fourth-order valence-corrected chi connectivity index (χ4v) is 1.63. The fourth-order valence-electron chi connectivity index (χ4n) is 1.63. The maximum atomic E-state index is 10.6. The highest BCUT2D eigenvalue weighted by molar-refractivity contribution is 5.73. The minimum Gasteiger partial charge on any atom is -0.494 e. The zero-order valence-electron chi connectivity index (χ0n) is 11.5. The largest absolute Gasteiger partial charge is 0.494 e. The van der Waals surface area contributed by atoms with Gasteiger partial charge in [-0.1, -0.05) is 12.1 Å². The molecule has 3 N–H and O–H groups in total. The van der Waals surface area contributed by atoms with Gasteiger partial charge in [0, 0.05) is 6.54 Å². The molecular weight excluding hydrogens is 244 g/mol. The molecule has 1 aromatic carbocycles. The van der Waals surface area contributed by atoms with E-state index in [2.05, 4.69) is 4.90 Å². The molecule has 0 aliphatic rings. The first-order chi connectivity index (χ1) is 8.99. The number of carboxylic acid groups (broad SMARTS) is 1. The Morgan fingerprint density at radius 3 is 2.53 bits per heavy atom. The topological polar surface area (TPSA) is 75.8 Å². The maximum Gasteiger partial charge on any atom is 0.320 e. The Morgan fingerprint density at radius 2 is 2.00 bits per heavy atom. The number of nitrogens with zero attached hydrogens (tertiary/aromatic N) is 1. The molecule has 19 heavy (non-hydrogen) atoms. The number of benzene rings is 1. The van der Waals surface area contributed by atoms with Crippen LogP contribution in [0, 0.1) is 0 Å². The van der Waals surface area contributed by atoms with Gasteiger partial charge in [0.1, 0.15) is 11.8 Å². The van der Waals surface area contributed by atoms with Gasteiger partial charge in [0.25, 0.3) is 0 Å². The van der Waals surface area contributed by atoms with Gasteiger partial charge >= 0.3 is 5.97 Å². The van der Waals surface area contributed by atoms with E-state index in [-0.39, 0.29) is 0 Å². The molecule has 0 saturated carbocycles. The third-order valence-corrected chi connectivity index (χ3v) is 2.71. The second kappa shape index (κ2) is 7.76. The molecule has 0 heterocycles. The molecule has 0 saturated heterocycles. The molecule has 0 radical (unpaired) electrons. The van der Waals surface area contributed by atoms with Crippen molar-refractivity contribution in [1.29, 1.82) is 0 Å². The number of hydrogen-bond donors (Lipinski definition) is 2. The van der Waals surface area contributed by atoms with Crippen molar-refractivity contribution >= 4 is 5.97 Å². The molecule has 0 aliphatic heterocycles. The maximum absolute atomic E-state index is 10.6. The van der Waals surface area contributed by atoms with Crippen molar-refractivity contribution in [2.45, 2.75) is 18.9 Å². The third-order valence-electron chi connectivity index (χ3n) is 2.71. The van der Waals surface area contributed by atoms with Gasteiger partial charge in [-0.05, 0) is 44.6 Å². The van der Waals surface area contributed by atoms with Crippen LogP contribution in [0.1, 0.15) is 12.0 Å². The standard InChI is InChI=1S/C14H22N2O3/c1-16(2)8-3-9-19-12-6-4-11(5-7-12)10-13(15)14(17)18/h4-7,13H,3,8-10,15H2,1-2H3,(H,17,18). The summed E-state index contributed by atoms with van der Waals surface area (Å²) in [5.74, 6) is -0.185. The summed E-state index contributed by atoms with van der Waals surface area (Å²) >= 11 is 0. The Balaban J connectivity index is 2.37. The summed E-state index contributed by atoms with van der Waals surface area (Å²) in [5, 5.41) is 8.73. The second-order valence-corrected chi connectivity index (χ2v) is 4.80. The van der Waals surface area contributed by atoms with Gasteiger partial charge in [-0.3, -0.25) is 4.79 Å². The number of carbonyl (C=O) groups is 1. The van der Waals surface area contributed by atoms with Gasteiger partial charge < -0.3 is 20.5 Å². The molecule has 1 atom stereocenters. The Labute approximate surface area is 114 Å². The van der Waals surface area contributed by atoms with Crippen LogP contribution in [-0.2, 0) is 11.2 Å². The van der Waals surface area contributed by atoms with Gasteiger partial charge in [0.15, 0.2) is 0 Å². The minimum atomic E-state index is -0.982. The molecule has 1 rings (SSSR count). The zero-order chi connectivity index (χ0) is 14.3. The summed E-state index contributed by atoms with van der Waals surface area (Å²) in [5.41, 5.74) is 6.38. The molecular formula is C14H22N2O3. The lowest BCUT2D eigenvalue weighted by molar-refractivity contribution is -0.138. The Hall–Kier alpha value is -1.59. The SMILES string of the molecule is CN(C)CCCOc1ccc(CC(N)C(=O)O)cc1. The van der Waals surface area contributed by atoms with E-state index < -0.39 is 12.0 Å². The van der Waals surface area contributed by atoms with Crippen molar-refractivity contribution in [2.75, 3.05) is 27.2 Å². The summed E-state index contributed by atoms with van der Waals surface area (Å²) in [6, 6.07) is 6.54. The van der Waals surface area contributed by atoms with Crippen LogP contribution in [0.25, 0.3) is 0 Å². The number of carboxylic acids is 1.